The van der Waals surface area contributed by atoms with Crippen LogP contribution in [0.2, 0.25) is 0 Å². The molecule has 2 aromatic carbocycles. The zero-order valence-electron chi connectivity index (χ0n) is 16.1. The van der Waals surface area contributed by atoms with Crippen molar-refractivity contribution in [3.05, 3.63) is 59.4 Å². The van der Waals surface area contributed by atoms with Crippen LogP contribution in [0, 0.1) is 5.82 Å². The summed E-state index contributed by atoms with van der Waals surface area (Å²) in [6.07, 6.45) is 2.86. The van der Waals surface area contributed by atoms with Crippen molar-refractivity contribution < 1.29 is 13.9 Å². The molecule has 0 saturated heterocycles. The summed E-state index contributed by atoms with van der Waals surface area (Å²) in [5, 5.41) is 6.68. The van der Waals surface area contributed by atoms with E-state index < -0.39 is 0 Å². The van der Waals surface area contributed by atoms with Gasteiger partial charge < -0.3 is 20.1 Å². The first kappa shape index (κ1) is 18.6. The van der Waals surface area contributed by atoms with E-state index in [1.54, 1.807) is 13.1 Å². The van der Waals surface area contributed by atoms with Crippen LogP contribution < -0.4 is 20.1 Å². The third-order valence-corrected chi connectivity index (χ3v) is 5.39. The fourth-order valence-corrected chi connectivity index (χ4v) is 3.56. The van der Waals surface area contributed by atoms with Gasteiger partial charge in [0, 0.05) is 32.0 Å². The number of hydrogen-bond acceptors (Lipinski definition) is 3. The number of nitrogens with one attached hydrogen (secondary N) is 2. The van der Waals surface area contributed by atoms with Gasteiger partial charge in [0.2, 0.25) is 0 Å². The Bertz CT molecular complexity index is 865. The van der Waals surface area contributed by atoms with Gasteiger partial charge in [-0.1, -0.05) is 24.3 Å². The number of nitrogens with zero attached hydrogens (tertiary/aromatic N) is 1. The van der Waals surface area contributed by atoms with Gasteiger partial charge in [-0.25, -0.2) is 4.39 Å². The van der Waals surface area contributed by atoms with E-state index in [2.05, 4.69) is 15.6 Å². The zero-order valence-corrected chi connectivity index (χ0v) is 16.1. The molecular weight excluding hydrogens is 357 g/mol. The minimum Gasteiger partial charge on any atom is -0.490 e. The van der Waals surface area contributed by atoms with Gasteiger partial charge in [0.15, 0.2) is 17.5 Å². The summed E-state index contributed by atoms with van der Waals surface area (Å²) < 4.78 is 25.6. The Morgan fingerprint density at radius 3 is 2.61 bits per heavy atom. The fraction of sp³-hybridized carbons (Fsp3) is 0.409. The van der Waals surface area contributed by atoms with Gasteiger partial charge in [0.05, 0.1) is 13.2 Å². The maximum atomic E-state index is 14.2. The summed E-state index contributed by atoms with van der Waals surface area (Å²) in [6, 6.07) is 13.0. The summed E-state index contributed by atoms with van der Waals surface area (Å²) in [7, 11) is 1.74. The second kappa shape index (κ2) is 8.09. The second-order valence-electron chi connectivity index (χ2n) is 7.37. The highest BCUT2D eigenvalue weighted by Gasteiger charge is 2.45. The molecule has 2 aromatic rings. The van der Waals surface area contributed by atoms with Gasteiger partial charge >= 0.3 is 0 Å². The molecule has 0 spiro atoms. The van der Waals surface area contributed by atoms with Crippen LogP contribution in [0.4, 0.5) is 4.39 Å². The molecule has 0 amide bonds. The predicted octanol–water partition coefficient (Wildman–Crippen LogP) is 3.38. The Balaban J connectivity index is 1.35. The lowest BCUT2D eigenvalue weighted by Gasteiger charge is -2.19. The summed E-state index contributed by atoms with van der Waals surface area (Å²) in [5.74, 6) is 2.16. The van der Waals surface area contributed by atoms with E-state index in [1.165, 1.54) is 6.07 Å². The number of halogens is 1. The summed E-state index contributed by atoms with van der Waals surface area (Å²) in [6.45, 7) is 2.63. The Morgan fingerprint density at radius 2 is 1.86 bits per heavy atom. The molecule has 0 aromatic heterocycles. The molecule has 0 unspecified atom stereocenters. The molecule has 1 heterocycles. The number of hydrogen-bond donors (Lipinski definition) is 2. The van der Waals surface area contributed by atoms with E-state index in [9.17, 15) is 4.39 Å². The predicted molar refractivity (Wildman–Crippen MR) is 108 cm³/mol. The molecule has 2 aliphatic rings. The Kier molecular flexibility index (Phi) is 5.37. The van der Waals surface area contributed by atoms with Crippen molar-refractivity contribution in [2.75, 3.05) is 26.8 Å². The van der Waals surface area contributed by atoms with E-state index in [1.807, 2.05) is 30.3 Å². The summed E-state index contributed by atoms with van der Waals surface area (Å²) >= 11 is 0. The quantitative estimate of drug-likeness (QED) is 0.614. The normalized spacial score (nSPS) is 17.6. The van der Waals surface area contributed by atoms with Crippen LogP contribution in [0.25, 0.3) is 0 Å². The standard InChI is InChI=1S/C22H26FN3O2/c1-24-21(26-15-22(9-10-22)17-5-2-3-6-18(17)23)25-14-16-7-8-19-20(13-16)28-12-4-11-27-19/h2-3,5-8,13H,4,9-12,14-15H2,1H3,(H2,24,25,26). The van der Waals surface area contributed by atoms with Crippen LogP contribution in [0.1, 0.15) is 30.4 Å². The topological polar surface area (TPSA) is 54.9 Å². The van der Waals surface area contributed by atoms with Gasteiger partial charge in [-0.15, -0.1) is 0 Å². The molecule has 1 aliphatic carbocycles. The maximum Gasteiger partial charge on any atom is 0.191 e. The first-order valence-electron chi connectivity index (χ1n) is 9.78. The van der Waals surface area contributed by atoms with Crippen molar-refractivity contribution >= 4 is 5.96 Å². The van der Waals surface area contributed by atoms with Gasteiger partial charge in [-0.05, 0) is 42.2 Å². The Hall–Kier alpha value is -2.76. The molecule has 0 radical (unpaired) electrons. The monoisotopic (exact) mass is 383 g/mol. The molecule has 2 N–H and O–H groups in total. The van der Waals surface area contributed by atoms with E-state index in [0.29, 0.717) is 32.3 Å². The van der Waals surface area contributed by atoms with Crippen LogP contribution in [-0.4, -0.2) is 32.8 Å². The van der Waals surface area contributed by atoms with Crippen LogP contribution in [0.15, 0.2) is 47.5 Å². The van der Waals surface area contributed by atoms with E-state index >= 15 is 0 Å². The molecule has 1 aliphatic heterocycles. The molecule has 0 bridgehead atoms. The Morgan fingerprint density at radius 1 is 1.07 bits per heavy atom. The molecule has 28 heavy (non-hydrogen) atoms. The first-order chi connectivity index (χ1) is 13.7. The van der Waals surface area contributed by atoms with Crippen molar-refractivity contribution in [1.29, 1.82) is 0 Å². The lowest BCUT2D eigenvalue weighted by Crippen LogP contribution is -2.41. The zero-order chi connectivity index (χ0) is 19.4. The molecule has 1 fully saturated rings. The minimum absolute atomic E-state index is 0.127. The molecule has 0 atom stereocenters. The van der Waals surface area contributed by atoms with Gasteiger partial charge in [-0.3, -0.25) is 4.99 Å². The number of fused-ring (bicyclic) bond motifs is 1. The highest BCUT2D eigenvalue weighted by Crippen LogP contribution is 2.48. The minimum atomic E-state index is -0.128. The maximum absolute atomic E-state index is 14.2. The average Bonchev–Trinajstić information content (AvgIpc) is 3.52. The van der Waals surface area contributed by atoms with E-state index in [-0.39, 0.29) is 11.2 Å². The molecule has 6 heteroatoms. The number of guanidine groups is 1. The number of ether oxygens (including phenoxy) is 2. The average molecular weight is 383 g/mol. The molecule has 1 saturated carbocycles. The van der Waals surface area contributed by atoms with Gasteiger partial charge in [-0.2, -0.15) is 0 Å². The van der Waals surface area contributed by atoms with Gasteiger partial charge in [0.25, 0.3) is 0 Å². The molecule has 4 rings (SSSR count). The second-order valence-corrected chi connectivity index (χ2v) is 7.37. The molecular formula is C22H26FN3O2. The van der Waals surface area contributed by atoms with Crippen LogP contribution in [-0.2, 0) is 12.0 Å². The number of aliphatic imine (C=N–C) groups is 1. The largest absolute Gasteiger partial charge is 0.490 e. The van der Waals surface area contributed by atoms with Crippen LogP contribution >= 0.6 is 0 Å². The summed E-state index contributed by atoms with van der Waals surface area (Å²) in [5.41, 5.74) is 1.75. The third-order valence-electron chi connectivity index (χ3n) is 5.39. The van der Waals surface area contributed by atoms with Crippen molar-refractivity contribution in [1.82, 2.24) is 10.6 Å². The smallest absolute Gasteiger partial charge is 0.191 e. The van der Waals surface area contributed by atoms with Gasteiger partial charge in [0.1, 0.15) is 5.82 Å². The van der Waals surface area contributed by atoms with Crippen LogP contribution in [0.5, 0.6) is 11.5 Å². The highest BCUT2D eigenvalue weighted by molar-refractivity contribution is 5.79. The lowest BCUT2D eigenvalue weighted by molar-refractivity contribution is 0.297. The van der Waals surface area contributed by atoms with Crippen LogP contribution in [0.3, 0.4) is 0 Å². The number of rotatable bonds is 5. The van der Waals surface area contributed by atoms with E-state index in [4.69, 9.17) is 9.47 Å². The van der Waals surface area contributed by atoms with Crippen molar-refractivity contribution in [2.24, 2.45) is 4.99 Å². The van der Waals surface area contributed by atoms with Crippen molar-refractivity contribution in [3.63, 3.8) is 0 Å². The highest BCUT2D eigenvalue weighted by atomic mass is 19.1. The lowest BCUT2D eigenvalue weighted by atomic mass is 9.95. The summed E-state index contributed by atoms with van der Waals surface area (Å²) in [4.78, 5) is 4.30. The SMILES string of the molecule is CN=C(NCc1ccc2c(c1)OCCCO2)NCC1(c2ccccc2F)CC1. The van der Waals surface area contributed by atoms with E-state index in [0.717, 1.165) is 41.9 Å². The Labute approximate surface area is 165 Å². The van der Waals surface area contributed by atoms with Crippen molar-refractivity contribution in [2.45, 2.75) is 31.2 Å². The molecule has 5 nitrogen and oxygen atoms in total. The third kappa shape index (κ3) is 4.06. The first-order valence-corrected chi connectivity index (χ1v) is 9.78. The number of benzene rings is 2. The fourth-order valence-electron chi connectivity index (χ4n) is 3.56. The van der Waals surface area contributed by atoms with Crippen molar-refractivity contribution in [3.8, 4) is 11.5 Å². The molecule has 148 valence electrons.